The molecule has 0 unspecified atom stereocenters. The van der Waals surface area contributed by atoms with Crippen LogP contribution in [0, 0.1) is 5.82 Å². The summed E-state index contributed by atoms with van der Waals surface area (Å²) in [4.78, 5) is 19.0. The number of pyridine rings is 1. The van der Waals surface area contributed by atoms with E-state index < -0.39 is 10.0 Å². The minimum Gasteiger partial charge on any atom is -0.354 e. The molecule has 0 aliphatic carbocycles. The van der Waals surface area contributed by atoms with E-state index in [1.807, 2.05) is 0 Å². The van der Waals surface area contributed by atoms with Crippen LogP contribution in [0.4, 0.5) is 15.8 Å². The van der Waals surface area contributed by atoms with Crippen molar-refractivity contribution in [2.75, 3.05) is 18.4 Å². The van der Waals surface area contributed by atoms with Gasteiger partial charge in [0.1, 0.15) is 5.82 Å². The number of anilines is 2. The third-order valence-corrected chi connectivity index (χ3v) is 7.34. The molecule has 1 saturated heterocycles. The topological polar surface area (TPSA) is 105 Å². The lowest BCUT2D eigenvalue weighted by Crippen LogP contribution is -2.38. The number of aromatic nitrogens is 1. The van der Waals surface area contributed by atoms with Gasteiger partial charge in [-0.25, -0.2) is 22.9 Å². The van der Waals surface area contributed by atoms with E-state index in [1.165, 1.54) is 24.4 Å². The van der Waals surface area contributed by atoms with Gasteiger partial charge in [-0.2, -0.15) is 0 Å². The number of nitrogens with two attached hydrogens (primary N) is 1. The van der Waals surface area contributed by atoms with E-state index in [-0.39, 0.29) is 33.9 Å². The molecule has 1 amide bonds. The molecule has 0 atom stereocenters. The number of primary sulfonamides is 1. The van der Waals surface area contributed by atoms with Gasteiger partial charge in [-0.3, -0.25) is 4.79 Å². The molecule has 0 spiro atoms. The second-order valence-electron chi connectivity index (χ2n) is 7.98. The predicted molar refractivity (Wildman–Crippen MR) is 132 cm³/mol. The monoisotopic (exact) mass is 566 g/mol. The number of carbonyl (C=O) groups is 1. The third kappa shape index (κ3) is 5.57. The van der Waals surface area contributed by atoms with Gasteiger partial charge in [0.25, 0.3) is 15.9 Å². The fourth-order valence-corrected chi connectivity index (χ4v) is 5.13. The average Bonchev–Trinajstić information content (AvgIpc) is 2.80. The summed E-state index contributed by atoms with van der Waals surface area (Å²) in [7, 11) is -4.09. The maximum Gasteiger partial charge on any atom is 0.257 e. The molecule has 3 N–H and O–H groups in total. The Morgan fingerprint density at radius 1 is 1.12 bits per heavy atom. The lowest BCUT2D eigenvalue weighted by Gasteiger charge is -2.32. The van der Waals surface area contributed by atoms with E-state index in [1.54, 1.807) is 35.2 Å². The lowest BCUT2D eigenvalue weighted by molar-refractivity contribution is 0.0713. The first-order valence-corrected chi connectivity index (χ1v) is 13.1. The Morgan fingerprint density at radius 3 is 2.41 bits per heavy atom. The van der Waals surface area contributed by atoms with Crippen LogP contribution in [-0.2, 0) is 10.0 Å². The zero-order chi connectivity index (χ0) is 24.5. The molecule has 1 fully saturated rings. The molecular weight excluding hydrogens is 547 g/mol. The Hall–Kier alpha value is -2.53. The van der Waals surface area contributed by atoms with Gasteiger partial charge in [0.05, 0.1) is 22.0 Å². The van der Waals surface area contributed by atoms with Crippen molar-refractivity contribution in [3.8, 4) is 0 Å². The first-order chi connectivity index (χ1) is 16.1. The van der Waals surface area contributed by atoms with Crippen LogP contribution in [-0.4, -0.2) is 37.3 Å². The van der Waals surface area contributed by atoms with Crippen molar-refractivity contribution >= 4 is 54.8 Å². The second kappa shape index (κ2) is 9.99. The number of sulfonamides is 1. The summed E-state index contributed by atoms with van der Waals surface area (Å²) >= 11 is 9.64. The molecule has 178 valence electrons. The molecule has 34 heavy (non-hydrogen) atoms. The van der Waals surface area contributed by atoms with E-state index in [0.717, 1.165) is 22.9 Å². The van der Waals surface area contributed by atoms with E-state index in [0.29, 0.717) is 23.8 Å². The Bertz CT molecular complexity index is 1330. The number of hydrogen-bond acceptors (Lipinski definition) is 5. The number of rotatable bonds is 5. The maximum absolute atomic E-state index is 13.4. The Labute approximate surface area is 210 Å². The van der Waals surface area contributed by atoms with E-state index in [9.17, 15) is 17.6 Å². The van der Waals surface area contributed by atoms with Crippen LogP contribution in [0.1, 0.15) is 34.7 Å². The van der Waals surface area contributed by atoms with Crippen molar-refractivity contribution < 1.29 is 17.6 Å². The number of halogens is 3. The Kier molecular flexibility index (Phi) is 7.22. The number of amides is 1. The van der Waals surface area contributed by atoms with Gasteiger partial charge in [-0.15, -0.1) is 0 Å². The van der Waals surface area contributed by atoms with Crippen LogP contribution in [0.15, 0.2) is 64.2 Å². The van der Waals surface area contributed by atoms with Crippen LogP contribution < -0.4 is 10.5 Å². The lowest BCUT2D eigenvalue weighted by atomic mass is 9.89. The number of nitrogens with zero attached hydrogens (tertiary/aromatic N) is 2. The van der Waals surface area contributed by atoms with Crippen LogP contribution in [0.2, 0.25) is 5.02 Å². The SMILES string of the molecule is NS(=O)(=O)c1cc(Nc2ccc(Br)cc2Cl)c(C(=O)N2CCC(c3ccc(F)cc3)CC2)cn1. The molecule has 3 aromatic rings. The number of likely N-dealkylation sites (tertiary alicyclic amines) is 1. The van der Waals surface area contributed by atoms with Crippen LogP contribution in [0.5, 0.6) is 0 Å². The molecule has 2 heterocycles. The molecule has 1 aliphatic heterocycles. The fraction of sp³-hybridized carbons (Fsp3) is 0.217. The minimum absolute atomic E-state index is 0.201. The van der Waals surface area contributed by atoms with Crippen LogP contribution in [0.3, 0.4) is 0 Å². The highest BCUT2D eigenvalue weighted by Crippen LogP contribution is 2.33. The highest BCUT2D eigenvalue weighted by atomic mass is 79.9. The minimum atomic E-state index is -4.09. The molecule has 0 radical (unpaired) electrons. The fourth-order valence-electron chi connectivity index (χ4n) is 3.92. The van der Waals surface area contributed by atoms with Gasteiger partial charge in [-0.05, 0) is 54.7 Å². The zero-order valence-electron chi connectivity index (χ0n) is 17.8. The van der Waals surface area contributed by atoms with Gasteiger partial charge >= 0.3 is 0 Å². The van der Waals surface area contributed by atoms with Gasteiger partial charge in [0.2, 0.25) is 0 Å². The van der Waals surface area contributed by atoms with E-state index in [2.05, 4.69) is 26.2 Å². The summed E-state index contributed by atoms with van der Waals surface area (Å²) in [5, 5.41) is 8.30. The normalized spacial score (nSPS) is 14.8. The molecule has 7 nitrogen and oxygen atoms in total. The summed E-state index contributed by atoms with van der Waals surface area (Å²) in [6, 6.07) is 12.8. The van der Waals surface area contributed by atoms with Crippen LogP contribution >= 0.6 is 27.5 Å². The maximum atomic E-state index is 13.4. The molecule has 0 bridgehead atoms. The number of piperidine rings is 1. The molecule has 11 heteroatoms. The molecular formula is C23H21BrClFN4O3S. The first-order valence-electron chi connectivity index (χ1n) is 10.4. The molecule has 1 aliphatic rings. The first kappa shape index (κ1) is 24.6. The zero-order valence-corrected chi connectivity index (χ0v) is 21.0. The van der Waals surface area contributed by atoms with Crippen molar-refractivity contribution in [2.24, 2.45) is 5.14 Å². The number of hydrogen-bond donors (Lipinski definition) is 2. The van der Waals surface area contributed by atoms with E-state index in [4.69, 9.17) is 16.7 Å². The van der Waals surface area contributed by atoms with Crippen molar-refractivity contribution in [3.05, 3.63) is 81.2 Å². The molecule has 4 rings (SSSR count). The highest BCUT2D eigenvalue weighted by Gasteiger charge is 2.27. The van der Waals surface area contributed by atoms with Gasteiger partial charge < -0.3 is 10.2 Å². The highest BCUT2D eigenvalue weighted by molar-refractivity contribution is 9.10. The number of benzene rings is 2. The smallest absolute Gasteiger partial charge is 0.257 e. The molecule has 2 aromatic carbocycles. The predicted octanol–water partition coefficient (Wildman–Crippen LogP) is 5.05. The molecule has 0 saturated carbocycles. The van der Waals surface area contributed by atoms with Gasteiger partial charge in [0, 0.05) is 29.8 Å². The van der Waals surface area contributed by atoms with Gasteiger partial charge in [-0.1, -0.05) is 39.7 Å². The quantitative estimate of drug-likeness (QED) is 0.449. The third-order valence-electron chi connectivity index (χ3n) is 5.72. The molecule has 1 aromatic heterocycles. The summed E-state index contributed by atoms with van der Waals surface area (Å²) in [6.45, 7) is 0.993. The summed E-state index contributed by atoms with van der Waals surface area (Å²) < 4.78 is 37.7. The summed E-state index contributed by atoms with van der Waals surface area (Å²) in [6.07, 6.45) is 2.66. The van der Waals surface area contributed by atoms with Crippen molar-refractivity contribution in [1.82, 2.24) is 9.88 Å². The summed E-state index contributed by atoms with van der Waals surface area (Å²) in [5.41, 5.74) is 1.96. The van der Waals surface area contributed by atoms with Crippen molar-refractivity contribution in [3.63, 3.8) is 0 Å². The summed E-state index contributed by atoms with van der Waals surface area (Å²) in [5.74, 6) is -0.342. The van der Waals surface area contributed by atoms with Crippen molar-refractivity contribution in [1.29, 1.82) is 0 Å². The number of carbonyl (C=O) groups excluding carboxylic acids is 1. The average molecular weight is 568 g/mol. The number of nitrogens with one attached hydrogen (secondary N) is 1. The van der Waals surface area contributed by atoms with Gasteiger partial charge in [0.15, 0.2) is 5.03 Å². The standard InChI is InChI=1S/C23H21BrClFN4O3S/c24-16-3-6-20(19(25)11-16)29-21-12-22(34(27,32)33)28-13-18(21)23(31)30-9-7-15(8-10-30)14-1-4-17(26)5-2-14/h1-6,11-13,15H,7-10H2,(H,28,29)(H2,27,32,33). The van der Waals surface area contributed by atoms with Crippen LogP contribution in [0.25, 0.3) is 0 Å². The Balaban J connectivity index is 1.58. The Morgan fingerprint density at radius 2 is 1.79 bits per heavy atom. The second-order valence-corrected chi connectivity index (χ2v) is 10.8. The largest absolute Gasteiger partial charge is 0.354 e. The van der Waals surface area contributed by atoms with E-state index >= 15 is 0 Å². The van der Waals surface area contributed by atoms with Crippen molar-refractivity contribution in [2.45, 2.75) is 23.8 Å².